The smallest absolute Gasteiger partial charge is 0.243 e. The van der Waals surface area contributed by atoms with Crippen LogP contribution in [0, 0.1) is 0 Å². The Hall–Kier alpha value is -2.19. The maximum absolute atomic E-state index is 13.0. The number of piperazine rings is 1. The van der Waals surface area contributed by atoms with E-state index in [-0.39, 0.29) is 0 Å². The normalized spacial score (nSPS) is 18.8. The van der Waals surface area contributed by atoms with Gasteiger partial charge in [0.15, 0.2) is 0 Å². The number of nitrogens with zero attached hydrogens (tertiary/aromatic N) is 5. The summed E-state index contributed by atoms with van der Waals surface area (Å²) in [5.41, 5.74) is 1.14. The minimum absolute atomic E-state index is 0.373. The molecule has 0 spiro atoms. The van der Waals surface area contributed by atoms with E-state index < -0.39 is 10.0 Å². The first-order valence-electron chi connectivity index (χ1n) is 10.5. The zero-order valence-corrected chi connectivity index (χ0v) is 17.8. The fraction of sp³-hybridized carbons (Fsp3) is 0.524. The summed E-state index contributed by atoms with van der Waals surface area (Å²) in [7, 11) is -3.45. The minimum atomic E-state index is -3.45. The molecule has 0 amide bonds. The molecule has 156 valence electrons. The molecule has 3 heterocycles. The van der Waals surface area contributed by atoms with Gasteiger partial charge in [-0.05, 0) is 43.4 Å². The van der Waals surface area contributed by atoms with Crippen molar-refractivity contribution in [2.24, 2.45) is 0 Å². The Morgan fingerprint density at radius 3 is 2.00 bits per heavy atom. The standard InChI is InChI=1S/C21H29N5O2S/c1-2-18-6-8-19(9-7-18)29(27,28)26-14-12-25(13-15-26)21-16-20(22-17-23-21)24-10-4-3-5-11-24/h6-9,16-17H,2-5,10-15H2,1H3. The Morgan fingerprint density at radius 2 is 1.41 bits per heavy atom. The number of rotatable bonds is 5. The largest absolute Gasteiger partial charge is 0.356 e. The Bertz CT molecular complexity index is 918. The molecular formula is C21H29N5O2S. The monoisotopic (exact) mass is 415 g/mol. The molecule has 1 aromatic heterocycles. The van der Waals surface area contributed by atoms with Gasteiger partial charge in [-0.1, -0.05) is 19.1 Å². The van der Waals surface area contributed by atoms with Crippen LogP contribution in [0.2, 0.25) is 0 Å². The number of anilines is 2. The number of aryl methyl sites for hydroxylation is 1. The van der Waals surface area contributed by atoms with Crippen LogP contribution in [0.15, 0.2) is 41.6 Å². The highest BCUT2D eigenvalue weighted by molar-refractivity contribution is 7.89. The van der Waals surface area contributed by atoms with E-state index in [4.69, 9.17) is 0 Å². The Morgan fingerprint density at radius 1 is 0.828 bits per heavy atom. The molecule has 0 bridgehead atoms. The van der Waals surface area contributed by atoms with Crippen LogP contribution in [0.25, 0.3) is 0 Å². The molecule has 2 saturated heterocycles. The second kappa shape index (κ2) is 8.67. The molecule has 0 atom stereocenters. The van der Waals surface area contributed by atoms with Gasteiger partial charge < -0.3 is 9.80 Å². The average molecular weight is 416 g/mol. The average Bonchev–Trinajstić information content (AvgIpc) is 2.80. The number of hydrogen-bond donors (Lipinski definition) is 0. The summed E-state index contributed by atoms with van der Waals surface area (Å²) < 4.78 is 27.5. The van der Waals surface area contributed by atoms with Crippen molar-refractivity contribution in [1.82, 2.24) is 14.3 Å². The molecule has 1 aromatic carbocycles. The maximum Gasteiger partial charge on any atom is 0.243 e. The molecule has 0 N–H and O–H groups in total. The zero-order chi connectivity index (χ0) is 20.3. The van der Waals surface area contributed by atoms with Crippen LogP contribution in [-0.4, -0.2) is 62.0 Å². The highest BCUT2D eigenvalue weighted by Gasteiger charge is 2.29. The predicted molar refractivity (Wildman–Crippen MR) is 115 cm³/mol. The van der Waals surface area contributed by atoms with Gasteiger partial charge in [0, 0.05) is 45.3 Å². The van der Waals surface area contributed by atoms with Gasteiger partial charge in [0.25, 0.3) is 0 Å². The van der Waals surface area contributed by atoms with Crippen molar-refractivity contribution in [1.29, 1.82) is 0 Å². The molecule has 4 rings (SSSR count). The third-order valence-electron chi connectivity index (χ3n) is 5.85. The van der Waals surface area contributed by atoms with Crippen LogP contribution in [-0.2, 0) is 16.4 Å². The lowest BCUT2D eigenvalue weighted by Crippen LogP contribution is -2.49. The lowest BCUT2D eigenvalue weighted by atomic mass is 10.1. The Balaban J connectivity index is 1.42. The van der Waals surface area contributed by atoms with Crippen molar-refractivity contribution >= 4 is 21.7 Å². The second-order valence-electron chi connectivity index (χ2n) is 7.67. The van der Waals surface area contributed by atoms with Gasteiger partial charge in [-0.25, -0.2) is 18.4 Å². The van der Waals surface area contributed by atoms with Gasteiger partial charge in [-0.3, -0.25) is 0 Å². The highest BCUT2D eigenvalue weighted by Crippen LogP contribution is 2.24. The van der Waals surface area contributed by atoms with E-state index in [1.54, 1.807) is 22.8 Å². The van der Waals surface area contributed by atoms with Crippen molar-refractivity contribution in [2.75, 3.05) is 49.1 Å². The molecule has 8 heteroatoms. The molecule has 2 aliphatic heterocycles. The van der Waals surface area contributed by atoms with E-state index in [1.807, 2.05) is 18.2 Å². The fourth-order valence-electron chi connectivity index (χ4n) is 4.01. The van der Waals surface area contributed by atoms with E-state index in [9.17, 15) is 8.42 Å². The molecule has 29 heavy (non-hydrogen) atoms. The first-order chi connectivity index (χ1) is 14.1. The first kappa shape index (κ1) is 20.1. The molecule has 0 aliphatic carbocycles. The molecule has 0 saturated carbocycles. The van der Waals surface area contributed by atoms with Crippen molar-refractivity contribution in [3.63, 3.8) is 0 Å². The Labute approximate surface area is 173 Å². The van der Waals surface area contributed by atoms with Crippen molar-refractivity contribution in [3.8, 4) is 0 Å². The van der Waals surface area contributed by atoms with Gasteiger partial charge in [0.1, 0.15) is 18.0 Å². The lowest BCUT2D eigenvalue weighted by Gasteiger charge is -2.35. The van der Waals surface area contributed by atoms with Crippen LogP contribution in [0.5, 0.6) is 0 Å². The minimum Gasteiger partial charge on any atom is -0.356 e. The summed E-state index contributed by atoms with van der Waals surface area (Å²) in [5.74, 6) is 1.85. The third kappa shape index (κ3) is 4.38. The van der Waals surface area contributed by atoms with Crippen LogP contribution in [0.1, 0.15) is 31.7 Å². The molecule has 2 fully saturated rings. The summed E-state index contributed by atoms with van der Waals surface area (Å²) in [6, 6.07) is 9.27. The van der Waals surface area contributed by atoms with Gasteiger partial charge in [0.05, 0.1) is 4.90 Å². The summed E-state index contributed by atoms with van der Waals surface area (Å²) in [4.78, 5) is 13.7. The zero-order valence-electron chi connectivity index (χ0n) is 17.0. The van der Waals surface area contributed by atoms with Crippen LogP contribution < -0.4 is 9.80 Å². The highest BCUT2D eigenvalue weighted by atomic mass is 32.2. The van der Waals surface area contributed by atoms with Crippen molar-refractivity contribution < 1.29 is 8.42 Å². The molecule has 0 radical (unpaired) electrons. The maximum atomic E-state index is 13.0. The molecule has 0 unspecified atom stereocenters. The number of sulfonamides is 1. The van der Waals surface area contributed by atoms with Gasteiger partial charge in [-0.15, -0.1) is 0 Å². The van der Waals surface area contributed by atoms with E-state index in [0.29, 0.717) is 31.1 Å². The SMILES string of the molecule is CCc1ccc(S(=O)(=O)N2CCN(c3cc(N4CCCCC4)ncn3)CC2)cc1. The number of piperidine rings is 1. The van der Waals surface area contributed by atoms with Gasteiger partial charge >= 0.3 is 0 Å². The van der Waals surface area contributed by atoms with Gasteiger partial charge in [0.2, 0.25) is 10.0 Å². The first-order valence-corrected chi connectivity index (χ1v) is 11.9. The van der Waals surface area contributed by atoms with Crippen LogP contribution in [0.3, 0.4) is 0 Å². The van der Waals surface area contributed by atoms with Gasteiger partial charge in [-0.2, -0.15) is 4.31 Å². The van der Waals surface area contributed by atoms with E-state index in [0.717, 1.165) is 36.7 Å². The van der Waals surface area contributed by atoms with E-state index in [2.05, 4.69) is 26.7 Å². The molecule has 2 aromatic rings. The fourth-order valence-corrected chi connectivity index (χ4v) is 5.43. The summed E-state index contributed by atoms with van der Waals surface area (Å²) in [6.45, 7) is 6.32. The Kier molecular flexibility index (Phi) is 6.01. The summed E-state index contributed by atoms with van der Waals surface area (Å²) >= 11 is 0. The number of hydrogen-bond acceptors (Lipinski definition) is 6. The van der Waals surface area contributed by atoms with E-state index in [1.165, 1.54) is 19.3 Å². The van der Waals surface area contributed by atoms with Crippen LogP contribution >= 0.6 is 0 Å². The number of benzene rings is 1. The molecule has 7 nitrogen and oxygen atoms in total. The predicted octanol–water partition coefficient (Wildman–Crippen LogP) is 2.54. The van der Waals surface area contributed by atoms with Crippen LogP contribution in [0.4, 0.5) is 11.6 Å². The molecular weight excluding hydrogens is 386 g/mol. The quantitative estimate of drug-likeness (QED) is 0.748. The summed E-state index contributed by atoms with van der Waals surface area (Å²) in [6.07, 6.45) is 6.21. The second-order valence-corrected chi connectivity index (χ2v) is 9.61. The van der Waals surface area contributed by atoms with Crippen molar-refractivity contribution in [2.45, 2.75) is 37.5 Å². The summed E-state index contributed by atoms with van der Waals surface area (Å²) in [5, 5.41) is 0. The topological polar surface area (TPSA) is 69.6 Å². The number of aromatic nitrogens is 2. The van der Waals surface area contributed by atoms with E-state index >= 15 is 0 Å². The lowest BCUT2D eigenvalue weighted by molar-refractivity contribution is 0.383. The van der Waals surface area contributed by atoms with Crippen molar-refractivity contribution in [3.05, 3.63) is 42.2 Å². The molecule has 2 aliphatic rings. The third-order valence-corrected chi connectivity index (χ3v) is 7.76.